The van der Waals surface area contributed by atoms with Crippen LogP contribution >= 0.6 is 11.6 Å². The van der Waals surface area contributed by atoms with Gasteiger partial charge in [-0.2, -0.15) is 0 Å². The molecule has 1 aromatic rings. The number of amides is 1. The number of anilines is 1. The average molecular weight is 285 g/mol. The Morgan fingerprint density at radius 1 is 1.47 bits per heavy atom. The van der Waals surface area contributed by atoms with Crippen LogP contribution in [-0.2, 0) is 4.79 Å². The summed E-state index contributed by atoms with van der Waals surface area (Å²) in [5, 5.41) is 3.25. The molecule has 6 nitrogen and oxygen atoms in total. The Morgan fingerprint density at radius 2 is 2.16 bits per heavy atom. The Balaban J connectivity index is 2.05. The number of methoxy groups -OCH3 is 1. The van der Waals surface area contributed by atoms with E-state index in [9.17, 15) is 4.79 Å². The molecule has 0 unspecified atom stereocenters. The molecule has 0 radical (unpaired) electrons. The fourth-order valence-electron chi connectivity index (χ4n) is 2.27. The normalized spacial score (nSPS) is 16.3. The zero-order valence-corrected chi connectivity index (χ0v) is 11.8. The number of nitrogens with one attached hydrogen (secondary N) is 1. The van der Waals surface area contributed by atoms with Crippen molar-refractivity contribution < 1.29 is 9.53 Å². The minimum absolute atomic E-state index is 0.0149. The standard InChI is InChI=1S/C12H17ClN4O2/c1-8(18)16-9-3-5-17(6-4-9)12-10(19-2)11(13)14-7-15-12/h7,9H,3-6H2,1-2H3,(H,16,18). The first kappa shape index (κ1) is 13.9. The van der Waals surface area contributed by atoms with Gasteiger partial charge in [-0.05, 0) is 12.8 Å². The van der Waals surface area contributed by atoms with Gasteiger partial charge in [-0.25, -0.2) is 9.97 Å². The second-order valence-electron chi connectivity index (χ2n) is 4.48. The third-order valence-electron chi connectivity index (χ3n) is 3.15. The quantitative estimate of drug-likeness (QED) is 0.846. The van der Waals surface area contributed by atoms with E-state index < -0.39 is 0 Å². The minimum atomic E-state index is 0.0149. The van der Waals surface area contributed by atoms with Crippen molar-refractivity contribution in [1.29, 1.82) is 0 Å². The second kappa shape index (κ2) is 6.06. The van der Waals surface area contributed by atoms with Crippen LogP contribution in [0.4, 0.5) is 5.82 Å². The molecule has 0 bridgehead atoms. The van der Waals surface area contributed by atoms with E-state index in [1.807, 2.05) is 0 Å². The van der Waals surface area contributed by atoms with Gasteiger partial charge in [0.2, 0.25) is 5.91 Å². The highest BCUT2D eigenvalue weighted by atomic mass is 35.5. The molecule has 1 amide bonds. The highest BCUT2D eigenvalue weighted by Crippen LogP contribution is 2.32. The predicted octanol–water partition coefficient (Wildman–Crippen LogP) is 1.24. The molecule has 1 aliphatic rings. The molecule has 1 saturated heterocycles. The Kier molecular flexibility index (Phi) is 4.42. The number of halogens is 1. The summed E-state index contributed by atoms with van der Waals surface area (Å²) in [5.41, 5.74) is 0. The Morgan fingerprint density at radius 3 is 2.74 bits per heavy atom. The smallest absolute Gasteiger partial charge is 0.217 e. The number of piperidine rings is 1. The van der Waals surface area contributed by atoms with E-state index in [-0.39, 0.29) is 11.9 Å². The van der Waals surface area contributed by atoms with Crippen molar-refractivity contribution in [3.05, 3.63) is 11.5 Å². The third-order valence-corrected chi connectivity index (χ3v) is 3.42. The molecule has 1 aromatic heterocycles. The molecule has 104 valence electrons. The number of hydrogen-bond donors (Lipinski definition) is 1. The van der Waals surface area contributed by atoms with Gasteiger partial charge in [-0.15, -0.1) is 0 Å². The summed E-state index contributed by atoms with van der Waals surface area (Å²) in [6, 6.07) is 0.233. The lowest BCUT2D eigenvalue weighted by Gasteiger charge is -2.33. The van der Waals surface area contributed by atoms with Crippen LogP contribution in [0.1, 0.15) is 19.8 Å². The Labute approximate surface area is 117 Å². The van der Waals surface area contributed by atoms with Crippen molar-refractivity contribution in [3.63, 3.8) is 0 Å². The van der Waals surface area contributed by atoms with Crippen molar-refractivity contribution >= 4 is 23.3 Å². The first-order valence-electron chi connectivity index (χ1n) is 6.18. The first-order valence-corrected chi connectivity index (χ1v) is 6.56. The van der Waals surface area contributed by atoms with E-state index in [1.54, 1.807) is 14.0 Å². The van der Waals surface area contributed by atoms with Crippen LogP contribution in [0.25, 0.3) is 0 Å². The molecular weight excluding hydrogens is 268 g/mol. The van der Waals surface area contributed by atoms with Gasteiger partial charge < -0.3 is 15.0 Å². The molecule has 0 atom stereocenters. The van der Waals surface area contributed by atoms with E-state index >= 15 is 0 Å². The van der Waals surface area contributed by atoms with Crippen LogP contribution in [0.3, 0.4) is 0 Å². The van der Waals surface area contributed by atoms with Gasteiger partial charge in [0, 0.05) is 26.1 Å². The number of aromatic nitrogens is 2. The number of carbonyl (C=O) groups is 1. The SMILES string of the molecule is COc1c(Cl)ncnc1N1CCC(NC(C)=O)CC1. The zero-order valence-electron chi connectivity index (χ0n) is 11.0. The van der Waals surface area contributed by atoms with E-state index in [0.717, 1.165) is 25.9 Å². The van der Waals surface area contributed by atoms with Gasteiger partial charge in [0.15, 0.2) is 16.7 Å². The number of ether oxygens (including phenoxy) is 1. The third kappa shape index (κ3) is 3.26. The van der Waals surface area contributed by atoms with Crippen molar-refractivity contribution in [3.8, 4) is 5.75 Å². The summed E-state index contributed by atoms with van der Waals surface area (Å²) in [6.07, 6.45) is 3.19. The number of carbonyl (C=O) groups excluding carboxylic acids is 1. The van der Waals surface area contributed by atoms with E-state index in [2.05, 4.69) is 20.2 Å². The predicted molar refractivity (Wildman–Crippen MR) is 72.6 cm³/mol. The van der Waals surface area contributed by atoms with Gasteiger partial charge in [0.25, 0.3) is 0 Å². The average Bonchev–Trinajstić information content (AvgIpc) is 2.38. The largest absolute Gasteiger partial charge is 0.490 e. The van der Waals surface area contributed by atoms with Crippen molar-refractivity contribution in [1.82, 2.24) is 15.3 Å². The van der Waals surface area contributed by atoms with Crippen LogP contribution in [-0.4, -0.2) is 42.1 Å². The second-order valence-corrected chi connectivity index (χ2v) is 4.84. The molecule has 19 heavy (non-hydrogen) atoms. The lowest BCUT2D eigenvalue weighted by molar-refractivity contribution is -0.119. The summed E-state index contributed by atoms with van der Waals surface area (Å²) in [5.74, 6) is 1.23. The number of rotatable bonds is 3. The summed E-state index contributed by atoms with van der Waals surface area (Å²) >= 11 is 5.99. The fraction of sp³-hybridized carbons (Fsp3) is 0.583. The van der Waals surface area contributed by atoms with E-state index in [1.165, 1.54) is 6.33 Å². The van der Waals surface area contributed by atoms with Crippen LogP contribution in [0.15, 0.2) is 6.33 Å². The molecule has 1 fully saturated rings. The monoisotopic (exact) mass is 284 g/mol. The Hall–Kier alpha value is -1.56. The lowest BCUT2D eigenvalue weighted by atomic mass is 10.1. The molecule has 7 heteroatoms. The molecule has 0 aromatic carbocycles. The highest BCUT2D eigenvalue weighted by Gasteiger charge is 2.24. The molecule has 1 N–H and O–H groups in total. The van der Waals surface area contributed by atoms with Crippen molar-refractivity contribution in [2.45, 2.75) is 25.8 Å². The molecule has 2 heterocycles. The summed E-state index contributed by atoms with van der Waals surface area (Å²) in [4.78, 5) is 21.3. The van der Waals surface area contributed by atoms with Gasteiger partial charge in [-0.1, -0.05) is 11.6 Å². The summed E-state index contributed by atoms with van der Waals surface area (Å²) in [6.45, 7) is 3.14. The summed E-state index contributed by atoms with van der Waals surface area (Å²) < 4.78 is 5.25. The minimum Gasteiger partial charge on any atom is -0.490 e. The molecule has 2 rings (SSSR count). The zero-order chi connectivity index (χ0) is 13.8. The molecule has 0 aliphatic carbocycles. The van der Waals surface area contributed by atoms with Gasteiger partial charge >= 0.3 is 0 Å². The molecule has 1 aliphatic heterocycles. The molecule has 0 saturated carbocycles. The van der Waals surface area contributed by atoms with Crippen molar-refractivity contribution in [2.75, 3.05) is 25.1 Å². The van der Waals surface area contributed by atoms with E-state index in [4.69, 9.17) is 16.3 Å². The lowest BCUT2D eigenvalue weighted by Crippen LogP contribution is -2.44. The number of hydrogen-bond acceptors (Lipinski definition) is 5. The molecular formula is C12H17ClN4O2. The Bertz CT molecular complexity index is 461. The maximum Gasteiger partial charge on any atom is 0.217 e. The molecule has 0 spiro atoms. The summed E-state index contributed by atoms with van der Waals surface area (Å²) in [7, 11) is 1.55. The van der Waals surface area contributed by atoms with Crippen LogP contribution in [0.2, 0.25) is 5.15 Å². The van der Waals surface area contributed by atoms with E-state index in [0.29, 0.717) is 16.7 Å². The maximum absolute atomic E-state index is 11.0. The van der Waals surface area contributed by atoms with Gasteiger partial charge in [0.05, 0.1) is 7.11 Å². The highest BCUT2D eigenvalue weighted by molar-refractivity contribution is 6.31. The maximum atomic E-state index is 11.0. The van der Waals surface area contributed by atoms with Crippen molar-refractivity contribution in [2.24, 2.45) is 0 Å². The first-order chi connectivity index (χ1) is 9.11. The van der Waals surface area contributed by atoms with Gasteiger partial charge in [-0.3, -0.25) is 4.79 Å². The van der Waals surface area contributed by atoms with Gasteiger partial charge in [0.1, 0.15) is 6.33 Å². The van der Waals surface area contributed by atoms with Crippen LogP contribution in [0, 0.1) is 0 Å². The topological polar surface area (TPSA) is 67.4 Å². The van der Waals surface area contributed by atoms with Crippen LogP contribution < -0.4 is 15.0 Å². The fourth-order valence-corrected chi connectivity index (χ4v) is 2.47. The van der Waals surface area contributed by atoms with Crippen LogP contribution in [0.5, 0.6) is 5.75 Å². The number of nitrogens with zero attached hydrogens (tertiary/aromatic N) is 3.